The predicted molar refractivity (Wildman–Crippen MR) is 84.0 cm³/mol. The van der Waals surface area contributed by atoms with E-state index in [9.17, 15) is 5.11 Å². The van der Waals surface area contributed by atoms with Gasteiger partial charge in [0.05, 0.1) is 14.2 Å². The molecule has 0 saturated heterocycles. The molecule has 0 fully saturated rings. The Kier molecular flexibility index (Phi) is 5.64. The summed E-state index contributed by atoms with van der Waals surface area (Å²) in [6, 6.07) is 16.0. The van der Waals surface area contributed by atoms with E-state index in [2.05, 4.69) is 6.07 Å². The minimum Gasteiger partial charge on any atom is -0.497 e. The van der Waals surface area contributed by atoms with Gasteiger partial charge in [-0.15, -0.1) is 0 Å². The molecule has 3 heteroatoms. The van der Waals surface area contributed by atoms with Crippen LogP contribution in [0.25, 0.3) is 0 Å². The Labute approximate surface area is 126 Å². The van der Waals surface area contributed by atoms with Gasteiger partial charge in [0.15, 0.2) is 0 Å². The molecule has 0 amide bonds. The lowest BCUT2D eigenvalue weighted by Crippen LogP contribution is -2.13. The summed E-state index contributed by atoms with van der Waals surface area (Å²) in [4.78, 5) is 0. The van der Waals surface area contributed by atoms with Gasteiger partial charge in [-0.05, 0) is 54.2 Å². The lowest BCUT2D eigenvalue weighted by atomic mass is 9.93. The molecule has 1 atom stereocenters. The molecule has 0 radical (unpaired) electrons. The van der Waals surface area contributed by atoms with Crippen LogP contribution in [0, 0.1) is 5.92 Å². The summed E-state index contributed by atoms with van der Waals surface area (Å²) < 4.78 is 10.4. The van der Waals surface area contributed by atoms with Crippen LogP contribution in [0.5, 0.6) is 11.5 Å². The maximum absolute atomic E-state index is 9.62. The van der Waals surface area contributed by atoms with E-state index in [-0.39, 0.29) is 12.5 Å². The van der Waals surface area contributed by atoms with Crippen LogP contribution in [0.3, 0.4) is 0 Å². The fourth-order valence-corrected chi connectivity index (χ4v) is 2.43. The molecule has 0 saturated carbocycles. The zero-order valence-corrected chi connectivity index (χ0v) is 12.6. The highest BCUT2D eigenvalue weighted by Crippen LogP contribution is 2.20. The quantitative estimate of drug-likeness (QED) is 0.850. The zero-order chi connectivity index (χ0) is 15.1. The minimum absolute atomic E-state index is 0.170. The van der Waals surface area contributed by atoms with Crippen molar-refractivity contribution in [2.45, 2.75) is 12.8 Å². The molecule has 1 unspecified atom stereocenters. The normalized spacial score (nSPS) is 12.0. The van der Waals surface area contributed by atoms with Crippen molar-refractivity contribution in [3.8, 4) is 11.5 Å². The van der Waals surface area contributed by atoms with Crippen molar-refractivity contribution in [3.63, 3.8) is 0 Å². The summed E-state index contributed by atoms with van der Waals surface area (Å²) in [6.07, 6.45) is 1.68. The van der Waals surface area contributed by atoms with Crippen LogP contribution >= 0.6 is 0 Å². The second-order valence-electron chi connectivity index (χ2n) is 5.16. The maximum atomic E-state index is 9.62. The van der Waals surface area contributed by atoms with E-state index in [1.54, 1.807) is 14.2 Å². The van der Waals surface area contributed by atoms with Gasteiger partial charge < -0.3 is 14.6 Å². The number of methoxy groups -OCH3 is 2. The van der Waals surface area contributed by atoms with Crippen molar-refractivity contribution in [1.29, 1.82) is 0 Å². The molecule has 0 spiro atoms. The average Bonchev–Trinajstić information content (AvgIpc) is 2.55. The van der Waals surface area contributed by atoms with E-state index in [4.69, 9.17) is 9.47 Å². The third kappa shape index (κ3) is 4.50. The van der Waals surface area contributed by atoms with Gasteiger partial charge in [-0.3, -0.25) is 0 Å². The number of aliphatic hydroxyl groups is 1. The largest absolute Gasteiger partial charge is 0.497 e. The van der Waals surface area contributed by atoms with Crippen molar-refractivity contribution in [3.05, 3.63) is 59.7 Å². The van der Waals surface area contributed by atoms with Gasteiger partial charge in [-0.1, -0.05) is 24.3 Å². The third-order valence-corrected chi connectivity index (χ3v) is 3.60. The Morgan fingerprint density at radius 1 is 0.857 bits per heavy atom. The van der Waals surface area contributed by atoms with Crippen LogP contribution in [-0.4, -0.2) is 25.9 Å². The van der Waals surface area contributed by atoms with Gasteiger partial charge in [-0.2, -0.15) is 0 Å². The summed E-state index contributed by atoms with van der Waals surface area (Å²) in [7, 11) is 3.33. The molecule has 2 rings (SSSR count). The maximum Gasteiger partial charge on any atom is 0.119 e. The minimum atomic E-state index is 0.170. The molecule has 2 aromatic rings. The van der Waals surface area contributed by atoms with Gasteiger partial charge >= 0.3 is 0 Å². The van der Waals surface area contributed by atoms with Gasteiger partial charge in [0.1, 0.15) is 11.5 Å². The van der Waals surface area contributed by atoms with Crippen molar-refractivity contribution in [2.75, 3.05) is 20.8 Å². The van der Waals surface area contributed by atoms with E-state index < -0.39 is 0 Å². The summed E-state index contributed by atoms with van der Waals surface area (Å²) in [5, 5.41) is 9.62. The summed E-state index contributed by atoms with van der Waals surface area (Å²) >= 11 is 0. The first-order chi connectivity index (χ1) is 10.2. The highest BCUT2D eigenvalue weighted by Gasteiger charge is 2.10. The van der Waals surface area contributed by atoms with E-state index in [0.717, 1.165) is 24.3 Å². The number of hydrogen-bond donors (Lipinski definition) is 1. The first-order valence-corrected chi connectivity index (χ1v) is 7.12. The van der Waals surface area contributed by atoms with Crippen LogP contribution in [0.1, 0.15) is 11.1 Å². The molecule has 112 valence electrons. The average molecular weight is 286 g/mol. The molecule has 0 aromatic heterocycles. The molecular weight excluding hydrogens is 264 g/mol. The van der Waals surface area contributed by atoms with Crippen molar-refractivity contribution in [2.24, 2.45) is 5.92 Å². The van der Waals surface area contributed by atoms with Gasteiger partial charge in [-0.25, -0.2) is 0 Å². The Morgan fingerprint density at radius 2 is 1.52 bits per heavy atom. The molecule has 0 aliphatic carbocycles. The SMILES string of the molecule is COc1ccc(CC(CO)Cc2cccc(OC)c2)cc1. The lowest BCUT2D eigenvalue weighted by molar-refractivity contribution is 0.225. The van der Waals surface area contributed by atoms with E-state index in [1.807, 2.05) is 42.5 Å². The number of ether oxygens (including phenoxy) is 2. The Hall–Kier alpha value is -2.00. The smallest absolute Gasteiger partial charge is 0.119 e. The van der Waals surface area contributed by atoms with Crippen molar-refractivity contribution < 1.29 is 14.6 Å². The molecule has 2 aromatic carbocycles. The molecule has 0 aliphatic heterocycles. The van der Waals surface area contributed by atoms with Gasteiger partial charge in [0.2, 0.25) is 0 Å². The first-order valence-electron chi connectivity index (χ1n) is 7.12. The van der Waals surface area contributed by atoms with Crippen LogP contribution in [0.2, 0.25) is 0 Å². The van der Waals surface area contributed by atoms with E-state index >= 15 is 0 Å². The predicted octanol–water partition coefficient (Wildman–Crippen LogP) is 3.10. The lowest BCUT2D eigenvalue weighted by Gasteiger charge is -2.15. The number of aliphatic hydroxyl groups excluding tert-OH is 1. The van der Waals surface area contributed by atoms with Crippen molar-refractivity contribution >= 4 is 0 Å². The number of rotatable bonds is 7. The van der Waals surface area contributed by atoms with Crippen LogP contribution < -0.4 is 9.47 Å². The molecular formula is C18H22O3. The zero-order valence-electron chi connectivity index (χ0n) is 12.6. The number of benzene rings is 2. The molecule has 0 bridgehead atoms. The molecule has 0 heterocycles. The third-order valence-electron chi connectivity index (χ3n) is 3.60. The highest BCUT2D eigenvalue weighted by atomic mass is 16.5. The fourth-order valence-electron chi connectivity index (χ4n) is 2.43. The standard InChI is InChI=1S/C18H22O3/c1-20-17-8-6-14(7-9-17)10-16(13-19)11-15-4-3-5-18(12-15)21-2/h3-9,12,16,19H,10-11,13H2,1-2H3. The summed E-state index contributed by atoms with van der Waals surface area (Å²) in [6.45, 7) is 0.170. The molecule has 1 N–H and O–H groups in total. The summed E-state index contributed by atoms with van der Waals surface area (Å²) in [5.41, 5.74) is 2.39. The first kappa shape index (κ1) is 15.4. The summed E-state index contributed by atoms with van der Waals surface area (Å²) in [5.74, 6) is 1.91. The van der Waals surface area contributed by atoms with E-state index in [0.29, 0.717) is 0 Å². The van der Waals surface area contributed by atoms with Crippen LogP contribution in [0.15, 0.2) is 48.5 Å². The molecule has 0 aliphatic rings. The second-order valence-corrected chi connectivity index (χ2v) is 5.16. The molecule has 21 heavy (non-hydrogen) atoms. The van der Waals surface area contributed by atoms with E-state index in [1.165, 1.54) is 11.1 Å². The second kappa shape index (κ2) is 7.70. The van der Waals surface area contributed by atoms with Gasteiger partial charge in [0, 0.05) is 6.61 Å². The van der Waals surface area contributed by atoms with Crippen LogP contribution in [-0.2, 0) is 12.8 Å². The molecule has 3 nitrogen and oxygen atoms in total. The van der Waals surface area contributed by atoms with Crippen molar-refractivity contribution in [1.82, 2.24) is 0 Å². The topological polar surface area (TPSA) is 38.7 Å². The highest BCUT2D eigenvalue weighted by molar-refractivity contribution is 5.30. The van der Waals surface area contributed by atoms with Crippen LogP contribution in [0.4, 0.5) is 0 Å². The fraction of sp³-hybridized carbons (Fsp3) is 0.333. The Morgan fingerprint density at radius 3 is 2.14 bits per heavy atom. The van der Waals surface area contributed by atoms with Gasteiger partial charge in [0.25, 0.3) is 0 Å². The number of hydrogen-bond acceptors (Lipinski definition) is 3. The Bertz CT molecular complexity index is 549. The Balaban J connectivity index is 2.01. The monoisotopic (exact) mass is 286 g/mol.